The van der Waals surface area contributed by atoms with Gasteiger partial charge in [0, 0.05) is 13.2 Å². The van der Waals surface area contributed by atoms with E-state index < -0.39 is 0 Å². The van der Waals surface area contributed by atoms with Gasteiger partial charge in [-0.1, -0.05) is 23.7 Å². The van der Waals surface area contributed by atoms with Gasteiger partial charge in [-0.3, -0.25) is 4.79 Å². The Kier molecular flexibility index (Phi) is 4.35. The van der Waals surface area contributed by atoms with Crippen molar-refractivity contribution in [3.8, 4) is 0 Å². The maximum Gasteiger partial charge on any atom is 0.272 e. The summed E-state index contributed by atoms with van der Waals surface area (Å²) in [6.07, 6.45) is 1.44. The molecular formula is C15H14ClFN2O. The summed E-state index contributed by atoms with van der Waals surface area (Å²) in [6.45, 7) is 1.88. The topological polar surface area (TPSA) is 33.2 Å². The maximum atomic E-state index is 12.9. The number of benzene rings is 1. The van der Waals surface area contributed by atoms with Crippen LogP contribution in [0, 0.1) is 5.82 Å². The SMILES string of the molecule is CC(c1ccc(F)cc1)N(C)C(=O)c1ccc(Cl)cn1. The number of nitrogens with zero attached hydrogens (tertiary/aromatic N) is 2. The first-order chi connectivity index (χ1) is 9.49. The number of rotatable bonds is 3. The van der Waals surface area contributed by atoms with Crippen molar-refractivity contribution in [1.29, 1.82) is 0 Å². The van der Waals surface area contributed by atoms with Crippen molar-refractivity contribution in [3.63, 3.8) is 0 Å². The third-order valence-corrected chi connectivity index (χ3v) is 3.42. The molecule has 20 heavy (non-hydrogen) atoms. The molecule has 0 aliphatic carbocycles. The lowest BCUT2D eigenvalue weighted by Crippen LogP contribution is -2.30. The number of carbonyl (C=O) groups excluding carboxylic acids is 1. The highest BCUT2D eigenvalue weighted by Crippen LogP contribution is 2.20. The van der Waals surface area contributed by atoms with Crippen LogP contribution in [-0.2, 0) is 0 Å². The summed E-state index contributed by atoms with van der Waals surface area (Å²) in [5.74, 6) is -0.507. The highest BCUT2D eigenvalue weighted by atomic mass is 35.5. The summed E-state index contributed by atoms with van der Waals surface area (Å²) in [6, 6.07) is 9.12. The first-order valence-electron chi connectivity index (χ1n) is 6.13. The summed E-state index contributed by atoms with van der Waals surface area (Å²) in [5.41, 5.74) is 1.18. The second-order valence-electron chi connectivity index (χ2n) is 4.51. The van der Waals surface area contributed by atoms with Gasteiger partial charge < -0.3 is 4.90 Å². The van der Waals surface area contributed by atoms with Gasteiger partial charge in [0.05, 0.1) is 11.1 Å². The van der Waals surface area contributed by atoms with E-state index in [4.69, 9.17) is 11.6 Å². The standard InChI is InChI=1S/C15H14ClFN2O/c1-10(11-3-6-13(17)7-4-11)19(2)15(20)14-8-5-12(16)9-18-14/h3-10H,1-2H3. The van der Waals surface area contributed by atoms with Gasteiger partial charge in [-0.05, 0) is 36.8 Å². The molecule has 1 unspecified atom stereocenters. The fourth-order valence-electron chi connectivity index (χ4n) is 1.82. The molecule has 0 aliphatic rings. The number of halogens is 2. The minimum atomic E-state index is -0.297. The van der Waals surface area contributed by atoms with Crippen molar-refractivity contribution >= 4 is 17.5 Å². The first-order valence-corrected chi connectivity index (χ1v) is 6.51. The highest BCUT2D eigenvalue weighted by molar-refractivity contribution is 6.30. The second-order valence-corrected chi connectivity index (χ2v) is 4.94. The third kappa shape index (κ3) is 3.14. The number of hydrogen-bond acceptors (Lipinski definition) is 2. The summed E-state index contributed by atoms with van der Waals surface area (Å²) >= 11 is 5.75. The number of aromatic nitrogens is 1. The molecule has 2 rings (SSSR count). The predicted molar refractivity (Wildman–Crippen MR) is 76.2 cm³/mol. The van der Waals surface area contributed by atoms with E-state index in [1.807, 2.05) is 6.92 Å². The molecule has 1 heterocycles. The Balaban J connectivity index is 2.17. The molecule has 2 aromatic rings. The Morgan fingerprint density at radius 3 is 2.45 bits per heavy atom. The number of amides is 1. The Labute approximate surface area is 122 Å². The van der Waals surface area contributed by atoms with Gasteiger partial charge in [-0.2, -0.15) is 0 Å². The summed E-state index contributed by atoms with van der Waals surface area (Å²) in [5, 5.41) is 0.482. The van der Waals surface area contributed by atoms with E-state index in [-0.39, 0.29) is 17.8 Å². The molecule has 0 aliphatic heterocycles. The van der Waals surface area contributed by atoms with Crippen molar-refractivity contribution < 1.29 is 9.18 Å². The zero-order valence-corrected chi connectivity index (χ0v) is 11.9. The Morgan fingerprint density at radius 2 is 1.90 bits per heavy atom. The number of carbonyl (C=O) groups is 1. The molecule has 0 N–H and O–H groups in total. The molecule has 0 spiro atoms. The Morgan fingerprint density at radius 1 is 1.25 bits per heavy atom. The molecule has 1 aromatic carbocycles. The van der Waals surface area contributed by atoms with Crippen LogP contribution in [-0.4, -0.2) is 22.8 Å². The Hall–Kier alpha value is -1.94. The van der Waals surface area contributed by atoms with Crippen LogP contribution in [0.15, 0.2) is 42.6 Å². The first kappa shape index (κ1) is 14.5. The molecule has 0 fully saturated rings. The smallest absolute Gasteiger partial charge is 0.272 e. The van der Waals surface area contributed by atoms with Gasteiger partial charge in [0.15, 0.2) is 0 Å². The maximum absolute atomic E-state index is 12.9. The van der Waals surface area contributed by atoms with E-state index in [0.717, 1.165) is 5.56 Å². The zero-order chi connectivity index (χ0) is 14.7. The Bertz CT molecular complexity index is 598. The van der Waals surface area contributed by atoms with Crippen LogP contribution in [0.4, 0.5) is 4.39 Å². The predicted octanol–water partition coefficient (Wildman–Crippen LogP) is 3.71. The fourth-order valence-corrected chi connectivity index (χ4v) is 1.94. The molecule has 1 amide bonds. The molecule has 0 saturated heterocycles. The van der Waals surface area contributed by atoms with Crippen LogP contribution in [0.1, 0.15) is 29.0 Å². The molecular weight excluding hydrogens is 279 g/mol. The summed E-state index contributed by atoms with van der Waals surface area (Å²) < 4.78 is 12.9. The van der Waals surface area contributed by atoms with Crippen molar-refractivity contribution in [1.82, 2.24) is 9.88 Å². The lowest BCUT2D eigenvalue weighted by atomic mass is 10.1. The average Bonchev–Trinajstić information content (AvgIpc) is 2.46. The molecule has 1 aromatic heterocycles. The van der Waals surface area contributed by atoms with Crippen LogP contribution >= 0.6 is 11.6 Å². The minimum absolute atomic E-state index is 0.180. The van der Waals surface area contributed by atoms with Gasteiger partial charge in [0.2, 0.25) is 0 Å². The fraction of sp³-hybridized carbons (Fsp3) is 0.200. The third-order valence-electron chi connectivity index (χ3n) is 3.20. The molecule has 0 saturated carbocycles. The van der Waals surface area contributed by atoms with E-state index >= 15 is 0 Å². The quantitative estimate of drug-likeness (QED) is 0.864. The van der Waals surface area contributed by atoms with Crippen molar-refractivity contribution in [2.75, 3.05) is 7.05 Å². The molecule has 3 nitrogen and oxygen atoms in total. The van der Waals surface area contributed by atoms with Crippen molar-refractivity contribution in [2.45, 2.75) is 13.0 Å². The highest BCUT2D eigenvalue weighted by Gasteiger charge is 2.19. The second kappa shape index (κ2) is 6.01. The van der Waals surface area contributed by atoms with E-state index in [0.29, 0.717) is 10.7 Å². The van der Waals surface area contributed by atoms with E-state index in [1.54, 1.807) is 36.2 Å². The van der Waals surface area contributed by atoms with Crippen LogP contribution in [0.2, 0.25) is 5.02 Å². The van der Waals surface area contributed by atoms with Crippen LogP contribution in [0.5, 0.6) is 0 Å². The molecule has 5 heteroatoms. The molecule has 0 bridgehead atoms. The lowest BCUT2D eigenvalue weighted by Gasteiger charge is -2.25. The minimum Gasteiger partial charge on any atom is -0.334 e. The van der Waals surface area contributed by atoms with E-state index in [1.165, 1.54) is 18.3 Å². The largest absolute Gasteiger partial charge is 0.334 e. The molecule has 0 radical (unpaired) electrons. The van der Waals surface area contributed by atoms with Crippen molar-refractivity contribution in [3.05, 3.63) is 64.7 Å². The van der Waals surface area contributed by atoms with Gasteiger partial charge in [0.25, 0.3) is 5.91 Å². The van der Waals surface area contributed by atoms with Gasteiger partial charge in [-0.15, -0.1) is 0 Å². The molecule has 1 atom stereocenters. The normalized spacial score (nSPS) is 12.0. The average molecular weight is 293 g/mol. The van der Waals surface area contributed by atoms with Gasteiger partial charge in [0.1, 0.15) is 11.5 Å². The van der Waals surface area contributed by atoms with E-state index in [9.17, 15) is 9.18 Å². The van der Waals surface area contributed by atoms with Crippen LogP contribution in [0.25, 0.3) is 0 Å². The lowest BCUT2D eigenvalue weighted by molar-refractivity contribution is 0.0736. The van der Waals surface area contributed by atoms with Crippen LogP contribution in [0.3, 0.4) is 0 Å². The summed E-state index contributed by atoms with van der Waals surface area (Å²) in [4.78, 5) is 17.8. The zero-order valence-electron chi connectivity index (χ0n) is 11.2. The van der Waals surface area contributed by atoms with Crippen LogP contribution < -0.4 is 0 Å². The number of pyridine rings is 1. The number of hydrogen-bond donors (Lipinski definition) is 0. The van der Waals surface area contributed by atoms with E-state index in [2.05, 4.69) is 4.98 Å². The monoisotopic (exact) mass is 292 g/mol. The van der Waals surface area contributed by atoms with Gasteiger partial charge >= 0.3 is 0 Å². The summed E-state index contributed by atoms with van der Waals surface area (Å²) in [7, 11) is 1.69. The van der Waals surface area contributed by atoms with Gasteiger partial charge in [-0.25, -0.2) is 9.37 Å². The van der Waals surface area contributed by atoms with Crippen molar-refractivity contribution in [2.24, 2.45) is 0 Å². The molecule has 104 valence electrons.